The Labute approximate surface area is 117 Å². The molecule has 0 saturated carbocycles. The van der Waals surface area contributed by atoms with Crippen LogP contribution in [0.1, 0.15) is 31.3 Å². The summed E-state index contributed by atoms with van der Waals surface area (Å²) in [5, 5.41) is 7.96. The third-order valence-electron chi connectivity index (χ3n) is 2.44. The first-order valence-electron chi connectivity index (χ1n) is 5.94. The van der Waals surface area contributed by atoms with Crippen molar-refractivity contribution in [2.45, 2.75) is 39.4 Å². The van der Waals surface area contributed by atoms with Crippen LogP contribution in [0.25, 0.3) is 0 Å². The van der Waals surface area contributed by atoms with Crippen molar-refractivity contribution >= 4 is 22.9 Å². The predicted molar refractivity (Wildman–Crippen MR) is 77.3 cm³/mol. The van der Waals surface area contributed by atoms with Crippen molar-refractivity contribution in [1.29, 1.82) is 0 Å². The standard InChI is InChI=1S/C13H18ClN3S/c1-13(2,3)15-8-10-6-7-17(16-10)9-11-4-5-12(14)18-11/h4-7,15H,8-9H2,1-3H3. The average molecular weight is 284 g/mol. The Morgan fingerprint density at radius 1 is 1.33 bits per heavy atom. The second kappa shape index (κ2) is 5.43. The molecule has 0 aliphatic rings. The molecule has 2 aromatic heterocycles. The third kappa shape index (κ3) is 4.12. The van der Waals surface area contributed by atoms with Crippen molar-refractivity contribution in [2.24, 2.45) is 0 Å². The molecule has 5 heteroatoms. The van der Waals surface area contributed by atoms with Gasteiger partial charge in [-0.1, -0.05) is 11.6 Å². The first-order valence-corrected chi connectivity index (χ1v) is 7.13. The van der Waals surface area contributed by atoms with Crippen LogP contribution < -0.4 is 5.32 Å². The van der Waals surface area contributed by atoms with Crippen molar-refractivity contribution in [1.82, 2.24) is 15.1 Å². The Balaban J connectivity index is 1.94. The molecule has 0 aliphatic carbocycles. The Kier molecular flexibility index (Phi) is 4.10. The van der Waals surface area contributed by atoms with Crippen molar-refractivity contribution < 1.29 is 0 Å². The number of nitrogens with zero attached hydrogens (tertiary/aromatic N) is 2. The van der Waals surface area contributed by atoms with E-state index in [1.54, 1.807) is 11.3 Å². The third-order valence-corrected chi connectivity index (χ3v) is 3.66. The number of halogens is 1. The maximum Gasteiger partial charge on any atom is 0.0931 e. The van der Waals surface area contributed by atoms with Gasteiger partial charge in [-0.05, 0) is 39.0 Å². The van der Waals surface area contributed by atoms with Crippen LogP contribution in [0.2, 0.25) is 4.34 Å². The molecule has 3 nitrogen and oxygen atoms in total. The molecule has 98 valence electrons. The summed E-state index contributed by atoms with van der Waals surface area (Å²) in [4.78, 5) is 1.22. The lowest BCUT2D eigenvalue weighted by molar-refractivity contribution is 0.419. The molecule has 2 heterocycles. The van der Waals surface area contributed by atoms with Gasteiger partial charge in [0, 0.05) is 23.2 Å². The lowest BCUT2D eigenvalue weighted by Crippen LogP contribution is -2.35. The maximum atomic E-state index is 5.91. The van der Waals surface area contributed by atoms with Crippen molar-refractivity contribution in [3.05, 3.63) is 39.3 Å². The van der Waals surface area contributed by atoms with E-state index in [2.05, 4.69) is 31.2 Å². The number of thiophene rings is 1. The van der Waals surface area contributed by atoms with Crippen LogP contribution in [0, 0.1) is 0 Å². The zero-order chi connectivity index (χ0) is 13.2. The molecule has 0 fully saturated rings. The van der Waals surface area contributed by atoms with E-state index in [0.717, 1.165) is 23.1 Å². The molecule has 1 N–H and O–H groups in total. The summed E-state index contributed by atoms with van der Waals surface area (Å²) in [6.07, 6.45) is 2.01. The Morgan fingerprint density at radius 3 is 2.72 bits per heavy atom. The molecule has 0 saturated heterocycles. The summed E-state index contributed by atoms with van der Waals surface area (Å²) >= 11 is 7.51. The molecule has 0 unspecified atom stereocenters. The van der Waals surface area contributed by atoms with E-state index in [4.69, 9.17) is 11.6 Å². The number of hydrogen-bond acceptors (Lipinski definition) is 3. The normalized spacial score (nSPS) is 12.0. The van der Waals surface area contributed by atoms with Gasteiger partial charge in [0.05, 0.1) is 16.6 Å². The first-order chi connectivity index (χ1) is 8.42. The van der Waals surface area contributed by atoms with Crippen LogP contribution in [-0.4, -0.2) is 15.3 Å². The Morgan fingerprint density at radius 2 is 2.11 bits per heavy atom. The predicted octanol–water partition coefficient (Wildman–Crippen LogP) is 3.53. The van der Waals surface area contributed by atoms with Crippen molar-refractivity contribution in [3.63, 3.8) is 0 Å². The first kappa shape index (κ1) is 13.6. The molecule has 0 radical (unpaired) electrons. The molecule has 2 aromatic rings. The molecular formula is C13H18ClN3S. The van der Waals surface area contributed by atoms with Crippen LogP contribution >= 0.6 is 22.9 Å². The highest BCUT2D eigenvalue weighted by Crippen LogP contribution is 2.21. The zero-order valence-electron chi connectivity index (χ0n) is 10.9. The quantitative estimate of drug-likeness (QED) is 0.930. The monoisotopic (exact) mass is 283 g/mol. The fraction of sp³-hybridized carbons (Fsp3) is 0.462. The highest BCUT2D eigenvalue weighted by molar-refractivity contribution is 7.16. The van der Waals surface area contributed by atoms with Gasteiger partial charge in [-0.2, -0.15) is 5.10 Å². The molecule has 0 bridgehead atoms. The van der Waals surface area contributed by atoms with Gasteiger partial charge in [-0.15, -0.1) is 11.3 Å². The van der Waals surface area contributed by atoms with Crippen LogP contribution in [0.15, 0.2) is 24.4 Å². The minimum Gasteiger partial charge on any atom is -0.306 e. The highest BCUT2D eigenvalue weighted by Gasteiger charge is 2.09. The Hall–Kier alpha value is -0.840. The second-order valence-electron chi connectivity index (χ2n) is 5.31. The lowest BCUT2D eigenvalue weighted by Gasteiger charge is -2.19. The van der Waals surface area contributed by atoms with Gasteiger partial charge in [0.25, 0.3) is 0 Å². The number of rotatable bonds is 4. The Bertz CT molecular complexity index is 510. The van der Waals surface area contributed by atoms with Gasteiger partial charge >= 0.3 is 0 Å². The minimum atomic E-state index is 0.116. The smallest absolute Gasteiger partial charge is 0.0931 e. The van der Waals surface area contributed by atoms with Gasteiger partial charge in [0.2, 0.25) is 0 Å². The fourth-order valence-corrected chi connectivity index (χ4v) is 2.62. The van der Waals surface area contributed by atoms with E-state index in [-0.39, 0.29) is 5.54 Å². The average Bonchev–Trinajstić information content (AvgIpc) is 2.85. The molecule has 0 aromatic carbocycles. The number of hydrogen-bond donors (Lipinski definition) is 1. The van der Waals surface area contributed by atoms with Crippen molar-refractivity contribution in [2.75, 3.05) is 0 Å². The number of nitrogens with one attached hydrogen (secondary N) is 1. The maximum absolute atomic E-state index is 5.91. The van der Waals surface area contributed by atoms with E-state index in [1.165, 1.54) is 4.88 Å². The van der Waals surface area contributed by atoms with Crippen LogP contribution in [0.4, 0.5) is 0 Å². The largest absolute Gasteiger partial charge is 0.306 e. The van der Waals surface area contributed by atoms with Gasteiger partial charge < -0.3 is 5.32 Å². The summed E-state index contributed by atoms with van der Waals surface area (Å²) in [6.45, 7) is 8.03. The highest BCUT2D eigenvalue weighted by atomic mass is 35.5. The van der Waals surface area contributed by atoms with Gasteiger partial charge in [-0.3, -0.25) is 4.68 Å². The van der Waals surface area contributed by atoms with Gasteiger partial charge in [-0.25, -0.2) is 0 Å². The molecular weight excluding hydrogens is 266 g/mol. The zero-order valence-corrected chi connectivity index (χ0v) is 12.5. The summed E-state index contributed by atoms with van der Waals surface area (Å²) in [5.74, 6) is 0. The van der Waals surface area contributed by atoms with E-state index in [0.29, 0.717) is 0 Å². The van der Waals surface area contributed by atoms with E-state index in [9.17, 15) is 0 Å². The van der Waals surface area contributed by atoms with E-state index in [1.807, 2.05) is 29.1 Å². The van der Waals surface area contributed by atoms with Crippen LogP contribution in [-0.2, 0) is 13.1 Å². The van der Waals surface area contributed by atoms with E-state index < -0.39 is 0 Å². The van der Waals surface area contributed by atoms with Crippen LogP contribution in [0.5, 0.6) is 0 Å². The molecule has 0 atom stereocenters. The minimum absolute atomic E-state index is 0.116. The van der Waals surface area contributed by atoms with E-state index >= 15 is 0 Å². The summed E-state index contributed by atoms with van der Waals surface area (Å²) in [7, 11) is 0. The number of aromatic nitrogens is 2. The lowest BCUT2D eigenvalue weighted by atomic mass is 10.1. The van der Waals surface area contributed by atoms with Gasteiger partial charge in [0.1, 0.15) is 0 Å². The molecule has 0 amide bonds. The summed E-state index contributed by atoms with van der Waals surface area (Å²) in [6, 6.07) is 6.02. The second-order valence-corrected chi connectivity index (χ2v) is 7.11. The topological polar surface area (TPSA) is 29.9 Å². The molecule has 18 heavy (non-hydrogen) atoms. The van der Waals surface area contributed by atoms with Gasteiger partial charge in [0.15, 0.2) is 0 Å². The molecule has 0 aliphatic heterocycles. The SMILES string of the molecule is CC(C)(C)NCc1ccn(Cc2ccc(Cl)s2)n1. The fourth-order valence-electron chi connectivity index (χ4n) is 1.54. The summed E-state index contributed by atoms with van der Waals surface area (Å²) in [5.41, 5.74) is 1.18. The summed E-state index contributed by atoms with van der Waals surface area (Å²) < 4.78 is 2.77. The molecule has 2 rings (SSSR count). The van der Waals surface area contributed by atoms with Crippen molar-refractivity contribution in [3.8, 4) is 0 Å². The molecule has 0 spiro atoms. The van der Waals surface area contributed by atoms with Crippen LogP contribution in [0.3, 0.4) is 0 Å².